The summed E-state index contributed by atoms with van der Waals surface area (Å²) in [7, 11) is 1.70. The van der Waals surface area contributed by atoms with E-state index in [1.165, 1.54) is 16.7 Å². The van der Waals surface area contributed by atoms with Crippen molar-refractivity contribution in [1.82, 2.24) is 0 Å². The molecule has 0 aliphatic rings. The van der Waals surface area contributed by atoms with Gasteiger partial charge in [0.15, 0.2) is 0 Å². The second kappa shape index (κ2) is 7.49. The summed E-state index contributed by atoms with van der Waals surface area (Å²) in [6, 6.07) is 17.2. The van der Waals surface area contributed by atoms with Gasteiger partial charge in [0, 0.05) is 5.33 Å². The zero-order chi connectivity index (χ0) is 14.4. The Morgan fingerprint density at radius 1 is 0.900 bits per heavy atom. The molecule has 106 valence electrons. The van der Waals surface area contributed by atoms with Crippen molar-refractivity contribution < 1.29 is 4.74 Å². The predicted octanol–water partition coefficient (Wildman–Crippen LogP) is 4.80. The first-order valence-electron chi connectivity index (χ1n) is 6.95. The van der Waals surface area contributed by atoms with Crippen molar-refractivity contribution in [2.45, 2.75) is 19.8 Å². The Morgan fingerprint density at radius 3 is 1.85 bits per heavy atom. The summed E-state index contributed by atoms with van der Waals surface area (Å²) >= 11 is 3.65. The molecule has 0 heterocycles. The van der Waals surface area contributed by atoms with Crippen molar-refractivity contribution in [3.05, 3.63) is 65.2 Å². The molecule has 0 N–H and O–H groups in total. The summed E-state index contributed by atoms with van der Waals surface area (Å²) in [5.74, 6) is 1.54. The van der Waals surface area contributed by atoms with Crippen LogP contribution >= 0.6 is 15.9 Å². The summed E-state index contributed by atoms with van der Waals surface area (Å²) in [6.45, 7) is 2.13. The van der Waals surface area contributed by atoms with E-state index < -0.39 is 0 Å². The summed E-state index contributed by atoms with van der Waals surface area (Å²) < 4.78 is 5.20. The van der Waals surface area contributed by atoms with E-state index in [0.717, 1.165) is 23.9 Å². The highest BCUT2D eigenvalue weighted by Crippen LogP contribution is 2.19. The van der Waals surface area contributed by atoms with Crippen LogP contribution in [0.2, 0.25) is 0 Å². The van der Waals surface area contributed by atoms with Crippen LogP contribution < -0.4 is 4.74 Å². The van der Waals surface area contributed by atoms with Crippen molar-refractivity contribution in [1.29, 1.82) is 0 Å². The fourth-order valence-corrected chi connectivity index (χ4v) is 2.79. The number of rotatable bonds is 6. The Hall–Kier alpha value is -1.28. The molecule has 0 saturated heterocycles. The molecule has 0 aliphatic heterocycles. The van der Waals surface area contributed by atoms with Crippen LogP contribution in [-0.4, -0.2) is 12.4 Å². The van der Waals surface area contributed by atoms with Crippen molar-refractivity contribution in [2.75, 3.05) is 12.4 Å². The first-order chi connectivity index (χ1) is 9.71. The SMILES string of the molecule is COc1ccc(CC(CBr)Cc2ccc(C)cc2)cc1. The third-order valence-electron chi connectivity index (χ3n) is 3.55. The minimum atomic E-state index is 0.617. The van der Waals surface area contributed by atoms with Crippen LogP contribution in [0.1, 0.15) is 16.7 Å². The fourth-order valence-electron chi connectivity index (χ4n) is 2.33. The molecule has 2 aromatic carbocycles. The molecule has 2 rings (SSSR count). The molecule has 0 bridgehead atoms. The molecular formula is C18H21BrO. The number of hydrogen-bond donors (Lipinski definition) is 0. The minimum absolute atomic E-state index is 0.617. The lowest BCUT2D eigenvalue weighted by Crippen LogP contribution is -2.10. The minimum Gasteiger partial charge on any atom is -0.497 e. The number of ether oxygens (including phenoxy) is 1. The Kier molecular flexibility index (Phi) is 5.66. The predicted molar refractivity (Wildman–Crippen MR) is 88.9 cm³/mol. The third kappa shape index (κ3) is 4.38. The van der Waals surface area contributed by atoms with E-state index in [2.05, 4.69) is 59.3 Å². The maximum Gasteiger partial charge on any atom is 0.118 e. The summed E-state index contributed by atoms with van der Waals surface area (Å²) in [5.41, 5.74) is 4.09. The number of hydrogen-bond acceptors (Lipinski definition) is 1. The van der Waals surface area contributed by atoms with Gasteiger partial charge in [-0.1, -0.05) is 57.9 Å². The summed E-state index contributed by atoms with van der Waals surface area (Å²) in [4.78, 5) is 0. The van der Waals surface area contributed by atoms with Gasteiger partial charge in [0.2, 0.25) is 0 Å². The molecule has 1 nitrogen and oxygen atoms in total. The quantitative estimate of drug-likeness (QED) is 0.690. The molecule has 1 unspecified atom stereocenters. The molecule has 0 radical (unpaired) electrons. The number of halogens is 1. The van der Waals surface area contributed by atoms with E-state index in [-0.39, 0.29) is 0 Å². The lowest BCUT2D eigenvalue weighted by Gasteiger charge is -2.15. The van der Waals surface area contributed by atoms with Crippen molar-refractivity contribution >= 4 is 15.9 Å². The zero-order valence-electron chi connectivity index (χ0n) is 12.1. The van der Waals surface area contributed by atoms with E-state index >= 15 is 0 Å². The summed E-state index contributed by atoms with van der Waals surface area (Å²) in [6.07, 6.45) is 2.20. The standard InChI is InChI=1S/C18H21BrO/c1-14-3-5-15(6-4-14)11-17(13-19)12-16-7-9-18(20-2)10-8-16/h3-10,17H,11-13H2,1-2H3. The maximum absolute atomic E-state index is 5.20. The van der Waals surface area contributed by atoms with E-state index in [9.17, 15) is 0 Å². The second-order valence-corrected chi connectivity index (χ2v) is 5.91. The molecule has 20 heavy (non-hydrogen) atoms. The third-order valence-corrected chi connectivity index (χ3v) is 4.46. The fraction of sp³-hybridized carbons (Fsp3) is 0.333. The van der Waals surface area contributed by atoms with Crippen molar-refractivity contribution in [3.63, 3.8) is 0 Å². The number of alkyl halides is 1. The average molecular weight is 333 g/mol. The highest BCUT2D eigenvalue weighted by molar-refractivity contribution is 9.09. The van der Waals surface area contributed by atoms with Crippen LogP contribution in [0.5, 0.6) is 5.75 Å². The van der Waals surface area contributed by atoms with Crippen LogP contribution in [0, 0.1) is 12.8 Å². The van der Waals surface area contributed by atoms with Crippen LogP contribution in [-0.2, 0) is 12.8 Å². The first kappa shape index (κ1) is 15.1. The monoisotopic (exact) mass is 332 g/mol. The van der Waals surface area contributed by atoms with Crippen LogP contribution in [0.4, 0.5) is 0 Å². The molecule has 0 fully saturated rings. The Labute approximate surface area is 130 Å². The largest absolute Gasteiger partial charge is 0.497 e. The topological polar surface area (TPSA) is 9.23 Å². The Morgan fingerprint density at radius 2 is 1.40 bits per heavy atom. The molecule has 2 heteroatoms. The van der Waals surface area contributed by atoms with Gasteiger partial charge in [0.25, 0.3) is 0 Å². The van der Waals surface area contributed by atoms with E-state index in [4.69, 9.17) is 4.74 Å². The lowest BCUT2D eigenvalue weighted by molar-refractivity contribution is 0.414. The molecule has 0 amide bonds. The Balaban J connectivity index is 1.99. The smallest absolute Gasteiger partial charge is 0.118 e. The van der Waals surface area contributed by atoms with Gasteiger partial charge in [-0.25, -0.2) is 0 Å². The van der Waals surface area contributed by atoms with Crippen molar-refractivity contribution in [2.24, 2.45) is 5.92 Å². The highest BCUT2D eigenvalue weighted by Gasteiger charge is 2.09. The first-order valence-corrected chi connectivity index (χ1v) is 8.08. The van der Waals surface area contributed by atoms with E-state index in [1.807, 2.05) is 12.1 Å². The van der Waals surface area contributed by atoms with Gasteiger partial charge in [-0.3, -0.25) is 0 Å². The van der Waals surface area contributed by atoms with Crippen molar-refractivity contribution in [3.8, 4) is 5.75 Å². The van der Waals surface area contributed by atoms with Gasteiger partial charge < -0.3 is 4.74 Å². The van der Waals surface area contributed by atoms with Crippen LogP contribution in [0.15, 0.2) is 48.5 Å². The molecule has 0 saturated carbocycles. The van der Waals surface area contributed by atoms with E-state index in [0.29, 0.717) is 5.92 Å². The number of methoxy groups -OCH3 is 1. The normalized spacial score (nSPS) is 12.2. The van der Waals surface area contributed by atoms with Gasteiger partial charge in [0.05, 0.1) is 7.11 Å². The lowest BCUT2D eigenvalue weighted by atomic mass is 9.94. The number of benzene rings is 2. The molecule has 2 aromatic rings. The Bertz CT molecular complexity index is 516. The molecular weight excluding hydrogens is 312 g/mol. The maximum atomic E-state index is 5.20. The van der Waals surface area contributed by atoms with Gasteiger partial charge >= 0.3 is 0 Å². The zero-order valence-corrected chi connectivity index (χ0v) is 13.7. The van der Waals surface area contributed by atoms with Gasteiger partial charge in [-0.15, -0.1) is 0 Å². The summed E-state index contributed by atoms with van der Waals surface area (Å²) in [5, 5.41) is 1.02. The average Bonchev–Trinajstić information content (AvgIpc) is 2.49. The molecule has 0 spiro atoms. The number of aryl methyl sites for hydroxylation is 1. The van der Waals surface area contributed by atoms with E-state index in [1.54, 1.807) is 7.11 Å². The van der Waals surface area contributed by atoms with Gasteiger partial charge in [-0.05, 0) is 48.9 Å². The molecule has 0 aliphatic carbocycles. The van der Waals surface area contributed by atoms with Crippen LogP contribution in [0.25, 0.3) is 0 Å². The second-order valence-electron chi connectivity index (χ2n) is 5.26. The van der Waals surface area contributed by atoms with Gasteiger partial charge in [0.1, 0.15) is 5.75 Å². The molecule has 0 aromatic heterocycles. The highest BCUT2D eigenvalue weighted by atomic mass is 79.9. The van der Waals surface area contributed by atoms with Gasteiger partial charge in [-0.2, -0.15) is 0 Å². The molecule has 1 atom stereocenters. The van der Waals surface area contributed by atoms with Crippen LogP contribution in [0.3, 0.4) is 0 Å².